The maximum atomic E-state index is 2.65. The van der Waals surface area contributed by atoms with E-state index in [0.717, 1.165) is 39.5 Å². The van der Waals surface area contributed by atoms with Crippen molar-refractivity contribution in [1.82, 2.24) is 4.57 Å². The van der Waals surface area contributed by atoms with Crippen LogP contribution < -0.4 is 95.0 Å². The molecule has 1 aromatic heterocycles. The first kappa shape index (κ1) is 54.2. The number of anilines is 18. The van der Waals surface area contributed by atoms with Crippen molar-refractivity contribution in [2.75, 3.05) is 29.4 Å². The van der Waals surface area contributed by atoms with Gasteiger partial charge in [-0.05, 0) is 187 Å². The van der Waals surface area contributed by atoms with Crippen molar-refractivity contribution < 1.29 is 0 Å². The van der Waals surface area contributed by atoms with Crippen LogP contribution in [-0.4, -0.2) is 31.4 Å². The quantitative estimate of drug-likeness (QED) is 0.159. The maximum Gasteiger partial charge on any atom is 0.252 e. The van der Waals surface area contributed by atoms with Crippen molar-refractivity contribution >= 4 is 217 Å². The molecule has 0 N–H and O–H groups in total. The van der Waals surface area contributed by atoms with Gasteiger partial charge < -0.3 is 34.0 Å². The molecule has 0 spiro atoms. The summed E-state index contributed by atoms with van der Waals surface area (Å²) in [5.41, 5.74) is 40.6. The van der Waals surface area contributed by atoms with Gasteiger partial charge in [0.15, 0.2) is 0 Å². The number of nitrogens with zero attached hydrogens (tertiary/aromatic N) is 7. The van der Waals surface area contributed by atoms with Gasteiger partial charge in [0, 0.05) is 119 Å². The Morgan fingerprint density at radius 3 is 0.683 bits per heavy atom. The summed E-state index contributed by atoms with van der Waals surface area (Å²) in [4.78, 5) is 15.6. The molecule has 462 valence electrons. The summed E-state index contributed by atoms with van der Waals surface area (Å²) in [5, 5.41) is 2.44. The highest BCUT2D eigenvalue weighted by molar-refractivity contribution is 7.06. The van der Waals surface area contributed by atoms with E-state index in [4.69, 9.17) is 0 Å². The van der Waals surface area contributed by atoms with Crippen molar-refractivity contribution in [3.8, 4) is 5.69 Å². The zero-order valence-electron chi connectivity index (χ0n) is 54.7. The second-order valence-corrected chi connectivity index (χ2v) is 28.1. The van der Waals surface area contributed by atoms with Crippen LogP contribution >= 0.6 is 0 Å². The summed E-state index contributed by atoms with van der Waals surface area (Å²) >= 11 is 0. The number of rotatable bonds is 5. The van der Waals surface area contributed by atoms with Crippen LogP contribution in [0.4, 0.5) is 102 Å². The van der Waals surface area contributed by atoms with Gasteiger partial charge in [0.05, 0.1) is 11.0 Å². The van der Waals surface area contributed by atoms with Crippen molar-refractivity contribution in [2.24, 2.45) is 0 Å². The predicted octanol–water partition coefficient (Wildman–Crippen LogP) is 14.2. The van der Waals surface area contributed by atoms with Gasteiger partial charge in [-0.25, -0.2) is 0 Å². The highest BCUT2D eigenvalue weighted by Gasteiger charge is 2.54. The molecule has 0 atom stereocenters. The van der Waals surface area contributed by atoms with Gasteiger partial charge in [-0.2, -0.15) is 0 Å². The summed E-state index contributed by atoms with van der Waals surface area (Å²) in [6.45, 7) is -0.294. The summed E-state index contributed by atoms with van der Waals surface area (Å²) in [7, 11) is 0. The highest BCUT2D eigenvalue weighted by atomic mass is 15.2. The molecule has 0 saturated heterocycles. The zero-order chi connectivity index (χ0) is 65.4. The third-order valence-corrected chi connectivity index (χ3v) is 23.4. The first-order chi connectivity index (χ1) is 50.2. The van der Waals surface area contributed by atoms with E-state index in [9.17, 15) is 0 Å². The molecule has 0 fully saturated rings. The van der Waals surface area contributed by atoms with Crippen LogP contribution in [-0.2, 0) is 0 Å². The fraction of sp³-hybridized carbons (Fsp3) is 0. The average molecular weight is 1280 g/mol. The third kappa shape index (κ3) is 6.97. The fourth-order valence-electron chi connectivity index (χ4n) is 19.7. The van der Waals surface area contributed by atoms with Gasteiger partial charge in [0.1, 0.15) is 0 Å². The standard InChI is InChI=1S/C90H55B4N7/c1-6-28-56(29-7-1)95-71-44-22-16-38-63(71)91-65-40-18-24-46-73(65)100-75-48-26-20-42-67(75)93-69-50-61-62-51-70-80(53-78(62)97(58-32-10-3-11-33-58)77(61)52-79(69)98(59-34-12-4-13-35-59)83-54-81(95)85(91)89(100)87(83)93)99(60-36-14-5-15-37-60)84-55-82-86-90-88(84)94(70)68-43-21-27-49-76(68)101(90)74-47-25-19-41-66(74)92(86)64-39-17-23-45-72(64)96(82)57-30-8-2-9-31-57/h1-55H. The molecular weight excluding hydrogens is 1220 g/mol. The van der Waals surface area contributed by atoms with Crippen LogP contribution in [0, 0.1) is 0 Å². The van der Waals surface area contributed by atoms with Crippen molar-refractivity contribution in [3.63, 3.8) is 0 Å². The van der Waals surface area contributed by atoms with Crippen LogP contribution in [0.5, 0.6) is 0 Å². The van der Waals surface area contributed by atoms with E-state index in [0.29, 0.717) is 0 Å². The average Bonchev–Trinajstić information content (AvgIpc) is 1.66. The first-order valence-electron chi connectivity index (χ1n) is 35.4. The van der Waals surface area contributed by atoms with Crippen LogP contribution in [0.1, 0.15) is 0 Å². The lowest BCUT2D eigenvalue weighted by Gasteiger charge is -2.51. The highest BCUT2D eigenvalue weighted by Crippen LogP contribution is 2.54. The summed E-state index contributed by atoms with van der Waals surface area (Å²) in [6.07, 6.45) is 0. The molecule has 0 aliphatic carbocycles. The van der Waals surface area contributed by atoms with Gasteiger partial charge in [-0.15, -0.1) is 0 Å². The van der Waals surface area contributed by atoms with E-state index >= 15 is 0 Å². The number of hydrogen-bond donors (Lipinski definition) is 0. The summed E-state index contributed by atoms with van der Waals surface area (Å²) in [6, 6.07) is 127. The molecule has 0 radical (unpaired) electrons. The lowest BCUT2D eigenvalue weighted by molar-refractivity contribution is 1.17. The Morgan fingerprint density at radius 2 is 0.396 bits per heavy atom. The smallest absolute Gasteiger partial charge is 0.252 e. The summed E-state index contributed by atoms with van der Waals surface area (Å²) < 4.78 is 2.58. The molecule has 9 heterocycles. The van der Waals surface area contributed by atoms with Gasteiger partial charge in [0.25, 0.3) is 26.9 Å². The van der Waals surface area contributed by atoms with Gasteiger partial charge in [0.2, 0.25) is 0 Å². The topological polar surface area (TPSA) is 24.4 Å². The van der Waals surface area contributed by atoms with Gasteiger partial charge in [-0.1, -0.05) is 212 Å². The maximum absolute atomic E-state index is 2.65. The first-order valence-corrected chi connectivity index (χ1v) is 35.4. The Hall–Kier alpha value is -12.8. The monoisotopic (exact) mass is 1280 g/mol. The van der Waals surface area contributed by atoms with E-state index in [1.807, 2.05) is 0 Å². The largest absolute Gasteiger partial charge is 0.312 e. The Balaban J connectivity index is 0.827. The lowest BCUT2D eigenvalue weighted by atomic mass is 9.28. The number of para-hydroxylation sites is 11. The van der Waals surface area contributed by atoms with Crippen molar-refractivity contribution in [2.45, 2.75) is 0 Å². The van der Waals surface area contributed by atoms with Crippen molar-refractivity contribution in [3.05, 3.63) is 334 Å². The molecule has 7 nitrogen and oxygen atoms in total. The molecule has 8 aliphatic heterocycles. The third-order valence-electron chi connectivity index (χ3n) is 23.4. The number of hydrogen-bond acceptors (Lipinski definition) is 6. The van der Waals surface area contributed by atoms with Crippen LogP contribution in [0.2, 0.25) is 0 Å². The summed E-state index contributed by atoms with van der Waals surface area (Å²) in [5.74, 6) is 0. The minimum absolute atomic E-state index is 0.0132. The zero-order valence-corrected chi connectivity index (χ0v) is 54.7. The Labute approximate surface area is 586 Å². The number of fused-ring (bicyclic) bond motifs is 23. The Bertz CT molecular complexity index is 5920. The Morgan fingerprint density at radius 1 is 0.168 bits per heavy atom. The Kier molecular flexibility index (Phi) is 10.7. The number of benzene rings is 15. The van der Waals surface area contributed by atoms with E-state index in [1.54, 1.807) is 0 Å². The molecule has 24 rings (SSSR count). The molecule has 11 heteroatoms. The fourth-order valence-corrected chi connectivity index (χ4v) is 19.7. The second-order valence-electron chi connectivity index (χ2n) is 28.1. The lowest BCUT2D eigenvalue weighted by Crippen LogP contribution is -2.68. The molecule has 16 aromatic rings. The van der Waals surface area contributed by atoms with Gasteiger partial charge >= 0.3 is 0 Å². The normalized spacial score (nSPS) is 14.3. The molecule has 0 saturated carbocycles. The van der Waals surface area contributed by atoms with Crippen LogP contribution in [0.25, 0.3) is 27.5 Å². The SMILES string of the molecule is c1ccc(N2c3ccccc3B3c4ccccc4N4c5ccccc5B5c6cc7c8cc9c(cc8n(-c8ccccc8)c7cc6N(c6ccccc6)c6cc2c3c4c65)N(c2ccccc2)c2cc3c4c5c2B9c2ccccc2N5c2ccccc2B4c2ccccc2N3c2ccccc2)cc1. The van der Waals surface area contributed by atoms with E-state index in [1.165, 1.54) is 156 Å². The molecule has 8 aliphatic rings. The molecule has 0 amide bonds. The van der Waals surface area contributed by atoms with E-state index in [-0.39, 0.29) is 26.9 Å². The van der Waals surface area contributed by atoms with Crippen LogP contribution in [0.3, 0.4) is 0 Å². The predicted molar refractivity (Wildman–Crippen MR) is 428 cm³/mol. The molecule has 0 unspecified atom stereocenters. The minimum atomic E-state index is -0.134. The number of aromatic nitrogens is 1. The molecule has 101 heavy (non-hydrogen) atoms. The van der Waals surface area contributed by atoms with Crippen LogP contribution in [0.15, 0.2) is 334 Å². The minimum Gasteiger partial charge on any atom is -0.312 e. The van der Waals surface area contributed by atoms with E-state index < -0.39 is 0 Å². The van der Waals surface area contributed by atoms with Gasteiger partial charge in [-0.3, -0.25) is 0 Å². The molecular formula is C90H55B4N7. The molecule has 15 aromatic carbocycles. The van der Waals surface area contributed by atoms with Crippen molar-refractivity contribution in [1.29, 1.82) is 0 Å². The molecule has 0 bridgehead atoms. The van der Waals surface area contributed by atoms with E-state index in [2.05, 4.69) is 368 Å². The second kappa shape index (κ2) is 19.9.